The lowest BCUT2D eigenvalue weighted by atomic mass is 9.87. The van der Waals surface area contributed by atoms with Gasteiger partial charge >= 0.3 is 0 Å². The zero-order chi connectivity index (χ0) is 18.3. The summed E-state index contributed by atoms with van der Waals surface area (Å²) in [6.45, 7) is 2.00. The normalized spacial score (nSPS) is 16.1. The maximum Gasteiger partial charge on any atom is 0.244 e. The summed E-state index contributed by atoms with van der Waals surface area (Å²) in [6, 6.07) is 13.2. The fourth-order valence-corrected chi connectivity index (χ4v) is 3.27. The number of H-pyrrole nitrogens is 1. The molecule has 0 saturated heterocycles. The molecule has 3 aromatic rings. The minimum absolute atomic E-state index is 0.0450. The molecule has 1 atom stereocenters. The quantitative estimate of drug-likeness (QED) is 0.726. The van der Waals surface area contributed by atoms with Crippen molar-refractivity contribution in [3.8, 4) is 23.3 Å². The second-order valence-electron chi connectivity index (χ2n) is 5.91. The molecule has 1 aliphatic rings. The molecule has 0 bridgehead atoms. The Hall–Kier alpha value is -3.17. The Labute approximate surface area is 154 Å². The topological polar surface area (TPSA) is 101 Å². The van der Waals surface area contributed by atoms with Crippen LogP contribution in [0, 0.1) is 11.3 Å². The Bertz CT molecular complexity index is 1040. The first-order valence-corrected chi connectivity index (χ1v) is 8.50. The van der Waals surface area contributed by atoms with Crippen molar-refractivity contribution >= 4 is 11.6 Å². The van der Waals surface area contributed by atoms with E-state index in [-0.39, 0.29) is 5.88 Å². The number of hydrogen-bond acceptors (Lipinski definition) is 5. The molecule has 0 spiro atoms. The number of ether oxygens (including phenoxy) is 1. The Balaban J connectivity index is 1.83. The molecule has 0 fully saturated rings. The molecule has 0 unspecified atom stereocenters. The van der Waals surface area contributed by atoms with Crippen molar-refractivity contribution in [2.75, 3.05) is 0 Å². The zero-order valence-corrected chi connectivity index (χ0v) is 14.7. The van der Waals surface area contributed by atoms with Gasteiger partial charge < -0.3 is 14.9 Å². The SMILES string of the molecule is CCc1[nH]nc2c1[C@@H](c1ccc(-c3ccc(Cl)cc3)o1)C(C#N)=C(N)O2. The van der Waals surface area contributed by atoms with E-state index in [9.17, 15) is 5.26 Å². The van der Waals surface area contributed by atoms with Gasteiger partial charge in [-0.1, -0.05) is 18.5 Å². The molecule has 26 heavy (non-hydrogen) atoms. The summed E-state index contributed by atoms with van der Waals surface area (Å²) >= 11 is 5.95. The van der Waals surface area contributed by atoms with E-state index in [1.165, 1.54) is 0 Å². The number of nitriles is 1. The molecular weight excluding hydrogens is 352 g/mol. The standard InChI is InChI=1S/C19H15ClN4O2/c1-2-13-17-16(12(9-21)18(22)26-19(17)24-23-13)15-8-7-14(25-15)10-3-5-11(20)6-4-10/h3-8,16H,2,22H2,1H3,(H,23,24)/t16-/m1/s1. The predicted molar refractivity (Wildman–Crippen MR) is 96.4 cm³/mol. The molecule has 7 heteroatoms. The van der Waals surface area contributed by atoms with Crippen LogP contribution in [0.3, 0.4) is 0 Å². The van der Waals surface area contributed by atoms with E-state index in [0.717, 1.165) is 16.8 Å². The van der Waals surface area contributed by atoms with Crippen LogP contribution in [0.15, 0.2) is 52.3 Å². The highest BCUT2D eigenvalue weighted by atomic mass is 35.5. The number of rotatable bonds is 3. The molecule has 1 aliphatic heterocycles. The molecule has 0 saturated carbocycles. The van der Waals surface area contributed by atoms with E-state index in [1.54, 1.807) is 12.1 Å². The molecule has 3 N–H and O–H groups in total. The largest absolute Gasteiger partial charge is 0.460 e. The van der Waals surface area contributed by atoms with Gasteiger partial charge in [-0.25, -0.2) is 0 Å². The molecule has 0 amide bonds. The second-order valence-corrected chi connectivity index (χ2v) is 6.34. The summed E-state index contributed by atoms with van der Waals surface area (Å²) < 4.78 is 11.6. The Kier molecular flexibility index (Phi) is 3.94. The van der Waals surface area contributed by atoms with Gasteiger partial charge in [0.05, 0.1) is 11.5 Å². The lowest BCUT2D eigenvalue weighted by molar-refractivity contribution is 0.371. The molecule has 2 aromatic heterocycles. The van der Waals surface area contributed by atoms with Gasteiger partial charge in [-0.15, -0.1) is 5.10 Å². The molecule has 0 radical (unpaired) electrons. The van der Waals surface area contributed by atoms with Crippen LogP contribution < -0.4 is 10.5 Å². The molecule has 1 aromatic carbocycles. The van der Waals surface area contributed by atoms with E-state index in [4.69, 9.17) is 26.5 Å². The Morgan fingerprint density at radius 1 is 1.27 bits per heavy atom. The van der Waals surface area contributed by atoms with Crippen molar-refractivity contribution in [1.29, 1.82) is 5.26 Å². The number of halogens is 1. The predicted octanol–water partition coefficient (Wildman–Crippen LogP) is 4.10. The first kappa shape index (κ1) is 16.3. The third-order valence-corrected chi connectivity index (χ3v) is 4.66. The van der Waals surface area contributed by atoms with Crippen LogP contribution in [0.4, 0.5) is 0 Å². The Morgan fingerprint density at radius 3 is 2.73 bits per heavy atom. The third kappa shape index (κ3) is 2.54. The van der Waals surface area contributed by atoms with Crippen molar-refractivity contribution in [1.82, 2.24) is 10.2 Å². The van der Waals surface area contributed by atoms with Crippen LogP contribution in [-0.4, -0.2) is 10.2 Å². The molecule has 0 aliphatic carbocycles. The number of nitrogens with one attached hydrogen (secondary N) is 1. The highest BCUT2D eigenvalue weighted by Crippen LogP contribution is 2.44. The Morgan fingerprint density at radius 2 is 2.04 bits per heavy atom. The average molecular weight is 367 g/mol. The second kappa shape index (κ2) is 6.28. The van der Waals surface area contributed by atoms with Crippen molar-refractivity contribution in [3.63, 3.8) is 0 Å². The fraction of sp³-hybridized carbons (Fsp3) is 0.158. The summed E-state index contributed by atoms with van der Waals surface area (Å²) in [6.07, 6.45) is 0.714. The van der Waals surface area contributed by atoms with Gasteiger partial charge in [0.15, 0.2) is 0 Å². The van der Waals surface area contributed by atoms with Gasteiger partial charge in [-0.2, -0.15) is 5.26 Å². The van der Waals surface area contributed by atoms with Crippen LogP contribution in [0.5, 0.6) is 5.88 Å². The number of furan rings is 1. The highest BCUT2D eigenvalue weighted by Gasteiger charge is 2.36. The number of nitrogens with zero attached hydrogens (tertiary/aromatic N) is 2. The van der Waals surface area contributed by atoms with Crippen molar-refractivity contribution in [3.05, 3.63) is 69.9 Å². The van der Waals surface area contributed by atoms with Crippen LogP contribution in [-0.2, 0) is 6.42 Å². The van der Waals surface area contributed by atoms with Crippen LogP contribution in [0.1, 0.15) is 29.9 Å². The lowest BCUT2D eigenvalue weighted by Gasteiger charge is -2.21. The highest BCUT2D eigenvalue weighted by molar-refractivity contribution is 6.30. The van der Waals surface area contributed by atoms with E-state index in [2.05, 4.69) is 16.3 Å². The van der Waals surface area contributed by atoms with E-state index in [1.807, 2.05) is 31.2 Å². The maximum absolute atomic E-state index is 9.62. The van der Waals surface area contributed by atoms with Crippen LogP contribution in [0.25, 0.3) is 11.3 Å². The number of benzene rings is 1. The zero-order valence-electron chi connectivity index (χ0n) is 13.9. The number of aromatic amines is 1. The molecule has 4 rings (SSSR count). The van der Waals surface area contributed by atoms with Gasteiger partial charge in [-0.3, -0.25) is 5.10 Å². The number of hydrogen-bond donors (Lipinski definition) is 2. The molecule has 3 heterocycles. The first-order chi connectivity index (χ1) is 12.6. The number of aromatic nitrogens is 2. The smallest absolute Gasteiger partial charge is 0.244 e. The first-order valence-electron chi connectivity index (χ1n) is 8.12. The lowest BCUT2D eigenvalue weighted by Crippen LogP contribution is -2.21. The average Bonchev–Trinajstić information content (AvgIpc) is 3.28. The monoisotopic (exact) mass is 366 g/mol. The van der Waals surface area contributed by atoms with Gasteiger partial charge in [0.2, 0.25) is 11.8 Å². The maximum atomic E-state index is 9.62. The van der Waals surface area contributed by atoms with E-state index < -0.39 is 5.92 Å². The third-order valence-electron chi connectivity index (χ3n) is 4.41. The van der Waals surface area contributed by atoms with E-state index in [0.29, 0.717) is 34.4 Å². The summed E-state index contributed by atoms with van der Waals surface area (Å²) in [7, 11) is 0. The van der Waals surface area contributed by atoms with Crippen molar-refractivity contribution in [2.45, 2.75) is 19.3 Å². The summed E-state index contributed by atoms with van der Waals surface area (Å²) in [4.78, 5) is 0. The van der Waals surface area contributed by atoms with Gasteiger partial charge in [0.25, 0.3) is 0 Å². The molecule has 130 valence electrons. The molecular formula is C19H15ClN4O2. The molecule has 6 nitrogen and oxygen atoms in total. The number of fused-ring (bicyclic) bond motifs is 1. The minimum atomic E-state index is -0.460. The van der Waals surface area contributed by atoms with Gasteiger partial charge in [0, 0.05) is 16.3 Å². The van der Waals surface area contributed by atoms with Crippen LogP contribution >= 0.6 is 11.6 Å². The fourth-order valence-electron chi connectivity index (χ4n) is 3.14. The number of aryl methyl sites for hydroxylation is 1. The van der Waals surface area contributed by atoms with Crippen molar-refractivity contribution in [2.24, 2.45) is 5.73 Å². The number of allylic oxidation sites excluding steroid dienone is 1. The number of nitrogens with two attached hydrogens (primary N) is 1. The minimum Gasteiger partial charge on any atom is -0.460 e. The summed E-state index contributed by atoms with van der Waals surface area (Å²) in [5.74, 6) is 1.26. The summed E-state index contributed by atoms with van der Waals surface area (Å²) in [5.41, 5.74) is 8.82. The van der Waals surface area contributed by atoms with Crippen LogP contribution in [0.2, 0.25) is 5.02 Å². The van der Waals surface area contributed by atoms with Crippen molar-refractivity contribution < 1.29 is 9.15 Å². The van der Waals surface area contributed by atoms with E-state index >= 15 is 0 Å². The van der Waals surface area contributed by atoms with Gasteiger partial charge in [-0.05, 0) is 42.8 Å². The summed E-state index contributed by atoms with van der Waals surface area (Å²) in [5, 5.41) is 17.4. The van der Waals surface area contributed by atoms with Gasteiger partial charge in [0.1, 0.15) is 23.2 Å².